The minimum absolute atomic E-state index is 0.0295. The summed E-state index contributed by atoms with van der Waals surface area (Å²) >= 11 is 0. The van der Waals surface area contributed by atoms with Crippen molar-refractivity contribution in [1.29, 1.82) is 0 Å². The highest BCUT2D eigenvalue weighted by atomic mass is 32.2. The molecule has 0 saturated carbocycles. The number of hydrogen-bond donors (Lipinski definition) is 8. The first kappa shape index (κ1) is 91.6. The lowest BCUT2D eigenvalue weighted by atomic mass is 9.71. The highest BCUT2D eigenvalue weighted by Gasteiger charge is 2.62. The zero-order chi connectivity index (χ0) is 84.4. The van der Waals surface area contributed by atoms with Crippen LogP contribution in [0.4, 0.5) is 0 Å². The number of unbranched alkanes of at least 4 members (excludes halogenated alkanes) is 4. The van der Waals surface area contributed by atoms with Crippen LogP contribution in [-0.2, 0) is 96.3 Å². The van der Waals surface area contributed by atoms with Gasteiger partial charge in [-0.05, 0) is 125 Å². The maximum absolute atomic E-state index is 14.5. The molecule has 2 aliphatic carbocycles. The SMILES string of the molecule is CO[C@H]1C[C@H](O[C@@H]2/C(C)=C/C[C@@H]3C[C@@H](C[C@]4(C=C[C@H](C)[C@@H](C(C)C)O4)O3)OC(=O)[C@@H]3C=C(C)[C@@H](O)[C@H]4OC/C(=C\C=C\[C@@H]2C)[C@]43O)O[C@@H](C)[C@@H]1NS(=O)(=O)NCCCCCCCNS(=O)(=O)N[C@H]1[C@H](C)O[C@@H](O[C@@H]2/C(C)=C/C[C@@H]3C[C@@H](C[C@]4(C=C[C@H](C)[C@@H](C(C)C)O4)O3)OC(=O)[C@@H]3C=C(C)[C@@H](O)[C@H]4OC/C(=C\C=C\[C@@H]2C)[C@]43O)C[C@@H]1OC. The van der Waals surface area contributed by atoms with Crippen molar-refractivity contribution in [2.24, 2.45) is 47.3 Å². The Morgan fingerprint density at radius 3 is 1.27 bits per heavy atom. The molecule has 30 atom stereocenters. The van der Waals surface area contributed by atoms with E-state index in [1.54, 1.807) is 64.2 Å². The van der Waals surface area contributed by atoms with Gasteiger partial charge >= 0.3 is 11.9 Å². The van der Waals surface area contributed by atoms with E-state index in [0.29, 0.717) is 80.1 Å². The van der Waals surface area contributed by atoms with E-state index < -0.39 is 177 Å². The van der Waals surface area contributed by atoms with E-state index in [0.717, 1.165) is 11.1 Å². The van der Waals surface area contributed by atoms with Gasteiger partial charge in [0.05, 0.1) is 86.3 Å². The molecule has 2 spiro atoms. The zero-order valence-corrected chi connectivity index (χ0v) is 72.7. The van der Waals surface area contributed by atoms with E-state index in [4.69, 9.17) is 66.3 Å². The predicted octanol–water partition coefficient (Wildman–Crippen LogP) is 8.73. The van der Waals surface area contributed by atoms with Crippen LogP contribution < -0.4 is 18.9 Å². The van der Waals surface area contributed by atoms with Crippen LogP contribution in [0.15, 0.2) is 119 Å². The molecule has 4 bridgehead atoms. The van der Waals surface area contributed by atoms with E-state index in [9.17, 15) is 46.9 Å². The molecule has 0 radical (unpaired) electrons. The van der Waals surface area contributed by atoms with Gasteiger partial charge in [0.15, 0.2) is 24.2 Å². The summed E-state index contributed by atoms with van der Waals surface area (Å²) in [5.41, 5.74) is -0.268. The maximum atomic E-state index is 14.5. The lowest BCUT2D eigenvalue weighted by Crippen LogP contribution is -2.59. The molecule has 0 aromatic rings. The number of ether oxygens (including phenoxy) is 14. The number of carbonyl (C=O) groups excluding carboxylic acids is 2. The molecule has 0 unspecified atom stereocenters. The lowest BCUT2D eigenvalue weighted by Gasteiger charge is -2.48. The predicted molar refractivity (Wildman–Crippen MR) is 435 cm³/mol. The molecular weight excluding hydrogens is 1550 g/mol. The summed E-state index contributed by atoms with van der Waals surface area (Å²) in [7, 11) is -5.08. The highest BCUT2D eigenvalue weighted by molar-refractivity contribution is 7.87. The summed E-state index contributed by atoms with van der Waals surface area (Å²) in [6, 6.07) is -1.57. The Kier molecular flexibility index (Phi) is 30.0. The number of carbonyl (C=O) groups is 2. The second kappa shape index (κ2) is 38.3. The van der Waals surface area contributed by atoms with Crippen molar-refractivity contribution in [2.75, 3.05) is 40.5 Å². The maximum Gasteiger partial charge on any atom is 0.316 e. The first-order valence-electron chi connectivity index (χ1n) is 42.6. The number of aliphatic hydroxyl groups is 4. The molecule has 117 heavy (non-hydrogen) atoms. The fraction of sp³-hybridized carbons (Fsp3) is 0.747. The molecule has 30 heteroatoms. The van der Waals surface area contributed by atoms with Crippen LogP contribution in [0.25, 0.3) is 0 Å². The second-order valence-corrected chi connectivity index (χ2v) is 38.8. The van der Waals surface area contributed by atoms with Crippen LogP contribution in [-0.4, -0.2) is 235 Å². The van der Waals surface area contributed by atoms with Gasteiger partial charge < -0.3 is 86.7 Å². The van der Waals surface area contributed by atoms with Crippen molar-refractivity contribution in [3.05, 3.63) is 119 Å². The molecule has 6 saturated heterocycles. The molecule has 0 aromatic heterocycles. The van der Waals surface area contributed by atoms with Crippen molar-refractivity contribution in [2.45, 2.75) is 326 Å². The average molecular weight is 1680 g/mol. The minimum atomic E-state index is -4.06. The fourth-order valence-electron chi connectivity index (χ4n) is 19.5. The van der Waals surface area contributed by atoms with Gasteiger partial charge in [-0.25, -0.2) is 9.44 Å². The van der Waals surface area contributed by atoms with Crippen molar-refractivity contribution in [3.63, 3.8) is 0 Å². The van der Waals surface area contributed by atoms with E-state index >= 15 is 0 Å². The molecule has 656 valence electrons. The third-order valence-corrected chi connectivity index (χ3v) is 28.4. The third-order valence-electron chi connectivity index (χ3n) is 26.1. The van der Waals surface area contributed by atoms with E-state index in [1.807, 2.05) is 52.0 Å². The van der Waals surface area contributed by atoms with Crippen LogP contribution >= 0.6 is 0 Å². The summed E-state index contributed by atoms with van der Waals surface area (Å²) < 4.78 is 157. The van der Waals surface area contributed by atoms with E-state index in [2.05, 4.69) is 84.7 Å². The number of allylic oxidation sites excluding steroid dienone is 4. The van der Waals surface area contributed by atoms with Crippen LogP contribution in [0.3, 0.4) is 0 Å². The molecule has 8 N–H and O–H groups in total. The number of nitrogens with one attached hydrogen (secondary N) is 4. The molecular formula is C87H132N4O24S2. The molecule has 28 nitrogen and oxygen atoms in total. The van der Waals surface area contributed by atoms with Crippen LogP contribution in [0.1, 0.15) is 180 Å². The van der Waals surface area contributed by atoms with Crippen molar-refractivity contribution >= 4 is 32.4 Å². The van der Waals surface area contributed by atoms with E-state index in [-0.39, 0.29) is 99.7 Å². The van der Waals surface area contributed by atoms with Gasteiger partial charge in [0.1, 0.15) is 59.7 Å². The number of methoxy groups -OCH3 is 2. The monoisotopic (exact) mass is 1680 g/mol. The number of rotatable bonds is 22. The fourth-order valence-corrected chi connectivity index (χ4v) is 21.9. The Bertz CT molecular complexity index is 3790. The average Bonchev–Trinajstić information content (AvgIpc) is 1.53. The minimum Gasteiger partial charge on any atom is -0.462 e. The van der Waals surface area contributed by atoms with Crippen molar-refractivity contribution in [3.8, 4) is 0 Å². The Balaban J connectivity index is 0.616. The summed E-state index contributed by atoms with van der Waals surface area (Å²) in [6.07, 6.45) is 19.1. The number of aliphatic hydroxyl groups excluding tert-OH is 2. The molecule has 12 aliphatic rings. The second-order valence-electron chi connectivity index (χ2n) is 35.7. The normalized spacial score (nSPS) is 44.7. The molecule has 6 fully saturated rings. The van der Waals surface area contributed by atoms with Gasteiger partial charge in [-0.3, -0.25) is 9.59 Å². The Hall–Kier alpha value is -4.56. The van der Waals surface area contributed by atoms with E-state index in [1.165, 1.54) is 14.2 Å². The standard InChI is InChI=1S/C87H132N4O24S2/c1-48(2)76-54(9)32-34-84(114-76)44-64-40-62(112-84)30-28-52(7)78(50(5)24-22-26-60-46-104-80-74(92)56(11)38-66(82(94)108-64)86(60,80)96)110-70-42-68(102-15)72(58(13)106-70)90-116(98,99)88-36-20-18-17-19-21-37-89-117(100,101)91-73-59(14)107-71(43-69(73)103-16)111-79-51(6)25-23-27-61-47-105-81-75(93)57(12)39-67(87(61,81)97)83(95)109-65-41-63(31-29-53(79)8)113-85(45-65)35-33-55(10)77(115-85)49(3)4/h22-29,32-35,38-39,48-51,54-55,58-59,62-81,88-93,96-97H,17-21,30-31,36-37,40-47H2,1-16H3/b24-22+,25-23+,52-28+,53-29+,60-26+,61-27+/t50-,51-,54-,55-,58-,59-,62+,63+,64-,65-,66-,67-,68-,69-,70-,71-,72-,73-,74+,75+,76+,77+,78-,79-,80+,81+,84+,85+,86+,87+/m0/s1. The van der Waals surface area contributed by atoms with Gasteiger partial charge in [-0.2, -0.15) is 26.3 Å². The third kappa shape index (κ3) is 20.8. The first-order valence-corrected chi connectivity index (χ1v) is 45.6. The zero-order valence-electron chi connectivity index (χ0n) is 71.0. The number of hydrogen-bond acceptors (Lipinski definition) is 24. The van der Waals surface area contributed by atoms with Gasteiger partial charge in [-0.1, -0.05) is 148 Å². The summed E-state index contributed by atoms with van der Waals surface area (Å²) in [5, 5.41) is 48.0. The summed E-state index contributed by atoms with van der Waals surface area (Å²) in [5.74, 6) is -6.05. The smallest absolute Gasteiger partial charge is 0.316 e. The molecule has 0 aromatic carbocycles. The molecule has 12 rings (SSSR count). The van der Waals surface area contributed by atoms with Crippen LogP contribution in [0.5, 0.6) is 0 Å². The number of fused-ring (bicyclic) bond motifs is 4. The van der Waals surface area contributed by atoms with Gasteiger partial charge in [-0.15, -0.1) is 0 Å². The Morgan fingerprint density at radius 2 is 0.897 bits per heavy atom. The topological polar surface area (TPSA) is 361 Å². The number of esters is 2. The van der Waals surface area contributed by atoms with Crippen LogP contribution in [0, 0.1) is 47.3 Å². The first-order chi connectivity index (χ1) is 55.4. The molecule has 10 aliphatic heterocycles. The quantitative estimate of drug-likeness (QED) is 0.0285. The van der Waals surface area contributed by atoms with Gasteiger partial charge in [0, 0.05) is 89.5 Å². The van der Waals surface area contributed by atoms with Gasteiger partial charge in [0.2, 0.25) is 0 Å². The molecule has 10 heterocycles. The van der Waals surface area contributed by atoms with Crippen LogP contribution in [0.2, 0.25) is 0 Å². The summed E-state index contributed by atoms with van der Waals surface area (Å²) in [6.45, 7) is 27.8. The Morgan fingerprint density at radius 1 is 0.513 bits per heavy atom. The summed E-state index contributed by atoms with van der Waals surface area (Å²) in [4.78, 5) is 29.0. The largest absolute Gasteiger partial charge is 0.462 e. The highest BCUT2D eigenvalue weighted by Crippen LogP contribution is 2.50. The van der Waals surface area contributed by atoms with Crippen molar-refractivity contribution < 1.29 is 113 Å². The van der Waals surface area contributed by atoms with Gasteiger partial charge in [0.25, 0.3) is 20.4 Å². The Labute approximate surface area is 692 Å². The lowest BCUT2D eigenvalue weighted by molar-refractivity contribution is -0.300. The van der Waals surface area contributed by atoms with Crippen molar-refractivity contribution in [1.82, 2.24) is 18.9 Å². The molecule has 0 amide bonds.